The lowest BCUT2D eigenvalue weighted by Gasteiger charge is -2.39. The van der Waals surface area contributed by atoms with Crippen molar-refractivity contribution in [1.29, 1.82) is 0 Å². The van der Waals surface area contributed by atoms with Gasteiger partial charge in [0.25, 0.3) is 0 Å². The van der Waals surface area contributed by atoms with E-state index in [0.717, 1.165) is 32.1 Å². The maximum Gasteiger partial charge on any atom is 0.327 e. The summed E-state index contributed by atoms with van der Waals surface area (Å²) in [7, 11) is 0. The minimum atomic E-state index is -1.39. The second-order valence-corrected chi connectivity index (χ2v) is 8.69. The molecular formula is C24H44O8. The monoisotopic (exact) mass is 460 g/mol. The second kappa shape index (κ2) is 18.4. The van der Waals surface area contributed by atoms with Gasteiger partial charge < -0.3 is 35.0 Å². The smallest absolute Gasteiger partial charge is 0.327 e. The molecule has 0 spiro atoms. The number of ether oxygens (including phenoxy) is 2. The van der Waals surface area contributed by atoms with Crippen molar-refractivity contribution >= 4 is 5.97 Å². The number of allylic oxidation sites excluding steroid dienone is 1. The molecule has 1 saturated heterocycles. The minimum Gasteiger partial charge on any atom is -0.478 e. The molecule has 1 rings (SSSR count). The Balaban J connectivity index is 1.85. The molecule has 0 saturated carbocycles. The van der Waals surface area contributed by atoms with Gasteiger partial charge in [0.15, 0.2) is 6.29 Å². The molecule has 0 amide bonds. The molecular weight excluding hydrogens is 416 g/mol. The molecule has 1 aliphatic heterocycles. The molecule has 0 bridgehead atoms. The summed E-state index contributed by atoms with van der Waals surface area (Å²) < 4.78 is 10.8. The van der Waals surface area contributed by atoms with Crippen molar-refractivity contribution in [3.63, 3.8) is 0 Å². The first-order valence-corrected chi connectivity index (χ1v) is 12.3. The van der Waals surface area contributed by atoms with Crippen LogP contribution < -0.4 is 0 Å². The lowest BCUT2D eigenvalue weighted by atomic mass is 9.99. The van der Waals surface area contributed by atoms with Crippen molar-refractivity contribution in [2.24, 2.45) is 0 Å². The molecule has 1 heterocycles. The summed E-state index contributed by atoms with van der Waals surface area (Å²) in [6, 6.07) is 0. The normalized spacial score (nSPS) is 26.1. The van der Waals surface area contributed by atoms with Gasteiger partial charge in [-0.25, -0.2) is 4.79 Å². The predicted molar refractivity (Wildman–Crippen MR) is 121 cm³/mol. The van der Waals surface area contributed by atoms with Gasteiger partial charge in [-0.2, -0.15) is 0 Å². The molecule has 1 fully saturated rings. The first kappa shape index (κ1) is 29.0. The standard InChI is InChI=1S/C24H44O8/c25-18-19-21(28)22(29)23(30)24(32-19)31-17-15-13-11-9-7-5-3-1-2-4-6-8-10-12-14-16-20(26)27/h14,16,19,21-25,28-30H,1-13,15,17-18H2,(H,26,27)/t19-,21-,22+,23-,24?/m1/s1. The number of hydrogen-bond acceptors (Lipinski definition) is 7. The quantitative estimate of drug-likeness (QED) is 0.147. The van der Waals surface area contributed by atoms with Gasteiger partial charge in [0.05, 0.1) is 6.61 Å². The van der Waals surface area contributed by atoms with E-state index in [1.54, 1.807) is 6.08 Å². The third-order valence-corrected chi connectivity index (χ3v) is 5.91. The summed E-state index contributed by atoms with van der Waals surface area (Å²) >= 11 is 0. The average molecular weight is 461 g/mol. The number of aliphatic carboxylic acids is 1. The Kier molecular flexibility index (Phi) is 16.7. The van der Waals surface area contributed by atoms with Crippen LogP contribution in [0.25, 0.3) is 0 Å². The zero-order valence-electron chi connectivity index (χ0n) is 19.3. The SMILES string of the molecule is O=C(O)C=CCCCCCCCCCCCCCCCOC1O[C@H](CO)[C@@H](O)[C@H](O)[C@H]1O. The molecule has 1 unspecified atom stereocenters. The molecule has 1 aliphatic rings. The molecule has 0 radical (unpaired) electrons. The van der Waals surface area contributed by atoms with Gasteiger partial charge in [0, 0.05) is 12.7 Å². The molecule has 0 aliphatic carbocycles. The van der Waals surface area contributed by atoms with E-state index in [1.807, 2.05) is 0 Å². The fourth-order valence-corrected chi connectivity index (χ4v) is 3.90. The number of aliphatic hydroxyl groups excluding tert-OH is 4. The molecule has 0 aromatic rings. The van der Waals surface area contributed by atoms with Gasteiger partial charge in [-0.3, -0.25) is 0 Å². The molecule has 0 aromatic carbocycles. The highest BCUT2D eigenvalue weighted by Gasteiger charge is 2.43. The van der Waals surface area contributed by atoms with E-state index in [-0.39, 0.29) is 0 Å². The maximum atomic E-state index is 10.3. The third kappa shape index (κ3) is 12.9. The summed E-state index contributed by atoms with van der Waals surface area (Å²) in [4.78, 5) is 10.3. The van der Waals surface area contributed by atoms with Crippen LogP contribution in [-0.2, 0) is 14.3 Å². The van der Waals surface area contributed by atoms with Gasteiger partial charge in [-0.05, 0) is 19.3 Å². The van der Waals surface area contributed by atoms with Crippen LogP contribution in [0.2, 0.25) is 0 Å². The van der Waals surface area contributed by atoms with Gasteiger partial charge in [-0.1, -0.05) is 76.7 Å². The Hall–Kier alpha value is -1.03. The summed E-state index contributed by atoms with van der Waals surface area (Å²) in [5.74, 6) is -0.870. The van der Waals surface area contributed by atoms with Crippen LogP contribution in [0.15, 0.2) is 12.2 Å². The largest absolute Gasteiger partial charge is 0.478 e. The van der Waals surface area contributed by atoms with Gasteiger partial charge in [0.1, 0.15) is 24.4 Å². The lowest BCUT2D eigenvalue weighted by Crippen LogP contribution is -2.59. The van der Waals surface area contributed by atoms with Crippen LogP contribution in [-0.4, -0.2) is 75.4 Å². The number of unbranched alkanes of at least 4 members (excludes halogenated alkanes) is 13. The van der Waals surface area contributed by atoms with Crippen molar-refractivity contribution in [2.45, 2.75) is 121 Å². The van der Waals surface area contributed by atoms with E-state index >= 15 is 0 Å². The first-order chi connectivity index (χ1) is 15.5. The molecule has 188 valence electrons. The average Bonchev–Trinajstić information content (AvgIpc) is 2.77. The fraction of sp³-hybridized carbons (Fsp3) is 0.875. The van der Waals surface area contributed by atoms with Crippen LogP contribution in [0.4, 0.5) is 0 Å². The number of aliphatic hydroxyl groups is 4. The lowest BCUT2D eigenvalue weighted by molar-refractivity contribution is -0.301. The van der Waals surface area contributed by atoms with E-state index in [1.165, 1.54) is 63.9 Å². The molecule has 8 nitrogen and oxygen atoms in total. The van der Waals surface area contributed by atoms with Crippen LogP contribution in [0.5, 0.6) is 0 Å². The number of carbonyl (C=O) groups is 1. The second-order valence-electron chi connectivity index (χ2n) is 8.69. The number of rotatable bonds is 19. The van der Waals surface area contributed by atoms with Crippen LogP contribution in [0.3, 0.4) is 0 Å². The Labute approximate surface area is 192 Å². The van der Waals surface area contributed by atoms with E-state index in [0.29, 0.717) is 6.61 Å². The molecule has 0 aromatic heterocycles. The Bertz CT molecular complexity index is 496. The number of carboxylic acids is 1. The fourth-order valence-electron chi connectivity index (χ4n) is 3.90. The highest BCUT2D eigenvalue weighted by Crippen LogP contribution is 2.22. The van der Waals surface area contributed by atoms with Crippen molar-refractivity contribution in [1.82, 2.24) is 0 Å². The third-order valence-electron chi connectivity index (χ3n) is 5.91. The van der Waals surface area contributed by atoms with E-state index in [9.17, 15) is 20.1 Å². The molecule has 8 heteroatoms. The number of hydrogen-bond donors (Lipinski definition) is 5. The summed E-state index contributed by atoms with van der Waals surface area (Å²) in [5, 5.41) is 47.1. The summed E-state index contributed by atoms with van der Waals surface area (Å²) in [6.45, 7) is -0.0443. The van der Waals surface area contributed by atoms with E-state index in [4.69, 9.17) is 19.7 Å². The van der Waals surface area contributed by atoms with Crippen LogP contribution in [0.1, 0.15) is 89.9 Å². The molecule has 5 atom stereocenters. The van der Waals surface area contributed by atoms with Crippen molar-refractivity contribution < 1.29 is 39.8 Å². The Morgan fingerprint density at radius 3 is 1.75 bits per heavy atom. The Morgan fingerprint density at radius 2 is 1.25 bits per heavy atom. The zero-order chi connectivity index (χ0) is 23.6. The number of carboxylic acid groups (broad SMARTS) is 1. The van der Waals surface area contributed by atoms with Gasteiger partial charge in [0.2, 0.25) is 0 Å². The van der Waals surface area contributed by atoms with Gasteiger partial charge >= 0.3 is 5.97 Å². The van der Waals surface area contributed by atoms with Crippen molar-refractivity contribution in [2.75, 3.05) is 13.2 Å². The summed E-state index contributed by atoms with van der Waals surface area (Å²) in [5.41, 5.74) is 0. The maximum absolute atomic E-state index is 10.3. The highest BCUT2D eigenvalue weighted by molar-refractivity contribution is 5.79. The van der Waals surface area contributed by atoms with Crippen molar-refractivity contribution in [3.05, 3.63) is 12.2 Å². The van der Waals surface area contributed by atoms with E-state index < -0.39 is 43.3 Å². The molecule has 5 N–H and O–H groups in total. The topological polar surface area (TPSA) is 137 Å². The first-order valence-electron chi connectivity index (χ1n) is 12.3. The predicted octanol–water partition coefficient (Wildman–Crippen LogP) is 2.91. The van der Waals surface area contributed by atoms with Crippen molar-refractivity contribution in [3.8, 4) is 0 Å². The highest BCUT2D eigenvalue weighted by atomic mass is 16.7. The minimum absolute atomic E-state index is 0.401. The van der Waals surface area contributed by atoms with E-state index in [2.05, 4.69) is 0 Å². The summed E-state index contributed by atoms with van der Waals surface area (Å²) in [6.07, 6.45) is 13.0. The van der Waals surface area contributed by atoms with Gasteiger partial charge in [-0.15, -0.1) is 0 Å². The zero-order valence-corrected chi connectivity index (χ0v) is 19.3. The Morgan fingerprint density at radius 1 is 0.750 bits per heavy atom. The van der Waals surface area contributed by atoms with Crippen LogP contribution in [0, 0.1) is 0 Å². The van der Waals surface area contributed by atoms with Crippen LogP contribution >= 0.6 is 0 Å². The molecule has 32 heavy (non-hydrogen) atoms.